The van der Waals surface area contributed by atoms with E-state index in [2.05, 4.69) is 35.9 Å². The lowest BCUT2D eigenvalue weighted by atomic mass is 10.1. The van der Waals surface area contributed by atoms with Gasteiger partial charge in [-0.05, 0) is 34.1 Å². The van der Waals surface area contributed by atoms with Crippen LogP contribution >= 0.6 is 0 Å². The van der Waals surface area contributed by atoms with Crippen molar-refractivity contribution in [2.45, 2.75) is 58.9 Å². The summed E-state index contributed by atoms with van der Waals surface area (Å²) in [4.78, 5) is 0. The first kappa shape index (κ1) is 18.0. The molecule has 0 amide bonds. The van der Waals surface area contributed by atoms with E-state index in [-0.39, 0.29) is 12.1 Å². The van der Waals surface area contributed by atoms with Gasteiger partial charge < -0.3 is 10.1 Å². The average Bonchev–Trinajstić information content (AvgIpc) is 2.65. The maximum absolute atomic E-state index is 11.9. The van der Waals surface area contributed by atoms with Crippen molar-refractivity contribution in [2.24, 2.45) is 0 Å². The fraction of sp³-hybridized carbons (Fsp3) is 0.786. The second-order valence-electron chi connectivity index (χ2n) is 6.10. The summed E-state index contributed by atoms with van der Waals surface area (Å²) in [5.41, 5.74) is 2.16. The molecular weight excluding hydrogens is 283 g/mol. The van der Waals surface area contributed by atoms with Crippen LogP contribution in [0.4, 0.5) is 13.2 Å². The van der Waals surface area contributed by atoms with Gasteiger partial charge in [0.1, 0.15) is 6.61 Å². The lowest BCUT2D eigenvalue weighted by Crippen LogP contribution is -2.35. The van der Waals surface area contributed by atoms with Gasteiger partial charge in [-0.1, -0.05) is 0 Å². The number of halogens is 3. The molecule has 0 spiro atoms. The number of rotatable bonds is 7. The van der Waals surface area contributed by atoms with Crippen LogP contribution in [0.15, 0.2) is 6.20 Å². The Hall–Kier alpha value is -1.08. The first-order chi connectivity index (χ1) is 9.58. The standard InChI is InChI=1S/C14H24F3N3O/c1-11-12(8-18-13(2,3)4)9-19-20(11)6-5-7-21-10-14(15,16)17/h9,18H,5-8,10H2,1-4H3. The van der Waals surface area contributed by atoms with Gasteiger partial charge in [0.15, 0.2) is 0 Å². The Kier molecular flexibility index (Phi) is 6.22. The summed E-state index contributed by atoms with van der Waals surface area (Å²) >= 11 is 0. The highest BCUT2D eigenvalue weighted by molar-refractivity contribution is 5.16. The van der Waals surface area contributed by atoms with Crippen molar-refractivity contribution in [3.05, 3.63) is 17.5 Å². The van der Waals surface area contributed by atoms with Crippen LogP contribution in [0.2, 0.25) is 0 Å². The molecule has 0 atom stereocenters. The van der Waals surface area contributed by atoms with Crippen LogP contribution in [-0.4, -0.2) is 34.7 Å². The molecule has 0 unspecified atom stereocenters. The van der Waals surface area contributed by atoms with Gasteiger partial charge in [-0.3, -0.25) is 4.68 Å². The van der Waals surface area contributed by atoms with Gasteiger partial charge in [0.05, 0.1) is 6.20 Å². The lowest BCUT2D eigenvalue weighted by Gasteiger charge is -2.20. The highest BCUT2D eigenvalue weighted by atomic mass is 19.4. The number of nitrogens with one attached hydrogen (secondary N) is 1. The third kappa shape index (κ3) is 7.47. The molecule has 1 aromatic heterocycles. The van der Waals surface area contributed by atoms with Crippen LogP contribution in [0.25, 0.3) is 0 Å². The zero-order valence-corrected chi connectivity index (χ0v) is 13.0. The second-order valence-corrected chi connectivity index (χ2v) is 6.10. The molecule has 21 heavy (non-hydrogen) atoms. The third-order valence-electron chi connectivity index (χ3n) is 2.94. The van der Waals surface area contributed by atoms with Crippen molar-refractivity contribution in [1.29, 1.82) is 0 Å². The number of alkyl halides is 3. The van der Waals surface area contributed by atoms with Crippen LogP contribution in [0, 0.1) is 6.92 Å². The van der Waals surface area contributed by atoms with Crippen LogP contribution in [0.5, 0.6) is 0 Å². The largest absolute Gasteiger partial charge is 0.411 e. The molecule has 1 aromatic rings. The predicted molar refractivity (Wildman–Crippen MR) is 75.0 cm³/mol. The molecule has 0 aliphatic heterocycles. The molecule has 4 nitrogen and oxygen atoms in total. The third-order valence-corrected chi connectivity index (χ3v) is 2.94. The average molecular weight is 307 g/mol. The SMILES string of the molecule is Cc1c(CNC(C)(C)C)cnn1CCCOCC(F)(F)F. The smallest absolute Gasteiger partial charge is 0.372 e. The lowest BCUT2D eigenvalue weighted by molar-refractivity contribution is -0.174. The summed E-state index contributed by atoms with van der Waals surface area (Å²) in [7, 11) is 0. The minimum absolute atomic E-state index is 0.0278. The Bertz CT molecular complexity index is 436. The van der Waals surface area contributed by atoms with E-state index in [0.717, 1.165) is 17.8 Å². The maximum Gasteiger partial charge on any atom is 0.411 e. The molecule has 1 heterocycles. The van der Waals surface area contributed by atoms with Gasteiger partial charge in [0.25, 0.3) is 0 Å². The van der Waals surface area contributed by atoms with E-state index in [4.69, 9.17) is 0 Å². The highest BCUT2D eigenvalue weighted by Crippen LogP contribution is 2.14. The Labute approximate surface area is 123 Å². The fourth-order valence-corrected chi connectivity index (χ4v) is 1.75. The van der Waals surface area contributed by atoms with Gasteiger partial charge in [0.2, 0.25) is 0 Å². The van der Waals surface area contributed by atoms with E-state index >= 15 is 0 Å². The first-order valence-corrected chi connectivity index (χ1v) is 6.99. The van der Waals surface area contributed by atoms with Crippen molar-refractivity contribution in [3.63, 3.8) is 0 Å². The summed E-state index contributed by atoms with van der Waals surface area (Å²) < 4.78 is 42.1. The van der Waals surface area contributed by atoms with E-state index in [1.807, 2.05) is 6.92 Å². The second kappa shape index (κ2) is 7.26. The number of nitrogens with zero attached hydrogens (tertiary/aromatic N) is 2. The summed E-state index contributed by atoms with van der Waals surface area (Å²) in [5.74, 6) is 0. The molecule has 0 saturated heterocycles. The van der Waals surface area contributed by atoms with E-state index in [1.54, 1.807) is 10.9 Å². The van der Waals surface area contributed by atoms with Crippen molar-refractivity contribution in [2.75, 3.05) is 13.2 Å². The zero-order valence-electron chi connectivity index (χ0n) is 13.0. The molecule has 0 bridgehead atoms. The summed E-state index contributed by atoms with van der Waals surface area (Å²) in [5, 5.41) is 7.64. The van der Waals surface area contributed by atoms with E-state index in [0.29, 0.717) is 13.0 Å². The molecule has 0 aliphatic rings. The zero-order chi connectivity index (χ0) is 16.1. The highest BCUT2D eigenvalue weighted by Gasteiger charge is 2.27. The van der Waals surface area contributed by atoms with Crippen LogP contribution < -0.4 is 5.32 Å². The van der Waals surface area contributed by atoms with Gasteiger partial charge in [-0.2, -0.15) is 18.3 Å². The molecule has 1 N–H and O–H groups in total. The number of aryl methyl sites for hydroxylation is 1. The molecule has 1 rings (SSSR count). The Morgan fingerprint density at radius 1 is 1.29 bits per heavy atom. The number of aromatic nitrogens is 2. The molecule has 7 heteroatoms. The van der Waals surface area contributed by atoms with Gasteiger partial charge in [-0.25, -0.2) is 0 Å². The van der Waals surface area contributed by atoms with E-state index in [9.17, 15) is 13.2 Å². The number of hydrogen-bond donors (Lipinski definition) is 1. The maximum atomic E-state index is 11.9. The molecule has 122 valence electrons. The monoisotopic (exact) mass is 307 g/mol. The van der Waals surface area contributed by atoms with E-state index in [1.165, 1.54) is 0 Å². The molecular formula is C14H24F3N3O. The minimum Gasteiger partial charge on any atom is -0.372 e. The summed E-state index contributed by atoms with van der Waals surface area (Å²) in [6.07, 6.45) is -1.96. The van der Waals surface area contributed by atoms with Gasteiger partial charge >= 0.3 is 6.18 Å². The summed E-state index contributed by atoms with van der Waals surface area (Å²) in [6, 6.07) is 0. The minimum atomic E-state index is -4.26. The van der Waals surface area contributed by atoms with Crippen LogP contribution in [0.1, 0.15) is 38.4 Å². The normalized spacial score (nSPS) is 12.9. The molecule has 0 aromatic carbocycles. The van der Waals surface area contributed by atoms with Crippen LogP contribution in [0.3, 0.4) is 0 Å². The van der Waals surface area contributed by atoms with Gasteiger partial charge in [-0.15, -0.1) is 0 Å². The van der Waals surface area contributed by atoms with Crippen molar-refractivity contribution in [3.8, 4) is 0 Å². The Morgan fingerprint density at radius 3 is 2.52 bits per heavy atom. The Balaban J connectivity index is 2.35. The van der Waals surface area contributed by atoms with Crippen molar-refractivity contribution < 1.29 is 17.9 Å². The van der Waals surface area contributed by atoms with Crippen LogP contribution in [-0.2, 0) is 17.8 Å². The molecule has 0 fully saturated rings. The first-order valence-electron chi connectivity index (χ1n) is 6.99. The predicted octanol–water partition coefficient (Wildman–Crippen LogP) is 3.05. The number of ether oxygens (including phenoxy) is 1. The fourth-order valence-electron chi connectivity index (χ4n) is 1.75. The molecule has 0 aliphatic carbocycles. The molecule has 0 radical (unpaired) electrons. The quantitative estimate of drug-likeness (QED) is 0.787. The topological polar surface area (TPSA) is 39.1 Å². The molecule has 0 saturated carbocycles. The number of hydrogen-bond acceptors (Lipinski definition) is 3. The summed E-state index contributed by atoms with van der Waals surface area (Å²) in [6.45, 7) is 8.39. The van der Waals surface area contributed by atoms with Gasteiger partial charge in [0, 0.05) is 36.5 Å². The van der Waals surface area contributed by atoms with Crippen molar-refractivity contribution >= 4 is 0 Å². The Morgan fingerprint density at radius 2 is 1.95 bits per heavy atom. The van der Waals surface area contributed by atoms with E-state index < -0.39 is 12.8 Å². The van der Waals surface area contributed by atoms with Crippen molar-refractivity contribution in [1.82, 2.24) is 15.1 Å².